The molecule has 0 radical (unpaired) electrons. The normalized spacial score (nSPS) is 10.0. The number of rotatable bonds is 2. The summed E-state index contributed by atoms with van der Waals surface area (Å²) in [6.07, 6.45) is 1.30. The number of nitrogens with zero attached hydrogens (tertiary/aromatic N) is 1. The third-order valence-electron chi connectivity index (χ3n) is 1.90. The molecular formula is C10H8N2O4. The number of aromatic hydroxyl groups is 2. The SMILES string of the molecule is O=C(Nc1ccon1)c1cc(O)ccc1O. The molecule has 82 valence electrons. The Morgan fingerprint density at radius 3 is 2.81 bits per heavy atom. The molecule has 1 amide bonds. The van der Waals surface area contributed by atoms with Crippen LogP contribution in [0.1, 0.15) is 10.4 Å². The molecule has 0 saturated heterocycles. The second-order valence-corrected chi connectivity index (χ2v) is 3.04. The van der Waals surface area contributed by atoms with Gasteiger partial charge in [-0.3, -0.25) is 4.79 Å². The number of carbonyl (C=O) groups is 1. The summed E-state index contributed by atoms with van der Waals surface area (Å²) in [4.78, 5) is 11.6. The van der Waals surface area contributed by atoms with Gasteiger partial charge in [0, 0.05) is 6.07 Å². The first-order chi connectivity index (χ1) is 7.66. The van der Waals surface area contributed by atoms with Crippen molar-refractivity contribution in [1.29, 1.82) is 0 Å². The second-order valence-electron chi connectivity index (χ2n) is 3.04. The average Bonchev–Trinajstić information content (AvgIpc) is 2.74. The molecule has 6 nitrogen and oxygen atoms in total. The molecule has 1 heterocycles. The number of hydrogen-bond acceptors (Lipinski definition) is 5. The van der Waals surface area contributed by atoms with Gasteiger partial charge in [-0.2, -0.15) is 0 Å². The minimum absolute atomic E-state index is 0.0389. The summed E-state index contributed by atoms with van der Waals surface area (Å²) in [5.74, 6) is -0.683. The Kier molecular flexibility index (Phi) is 2.47. The molecule has 0 spiro atoms. The number of benzene rings is 1. The van der Waals surface area contributed by atoms with Crippen molar-refractivity contribution in [3.63, 3.8) is 0 Å². The molecule has 0 aliphatic rings. The third kappa shape index (κ3) is 1.95. The summed E-state index contributed by atoms with van der Waals surface area (Å²) in [6, 6.07) is 5.12. The topological polar surface area (TPSA) is 95.6 Å². The van der Waals surface area contributed by atoms with Crippen molar-refractivity contribution in [3.8, 4) is 11.5 Å². The molecule has 0 bridgehead atoms. The highest BCUT2D eigenvalue weighted by atomic mass is 16.5. The number of phenols is 2. The predicted octanol–water partition coefficient (Wildman–Crippen LogP) is 1.34. The van der Waals surface area contributed by atoms with E-state index in [1.165, 1.54) is 24.5 Å². The van der Waals surface area contributed by atoms with Gasteiger partial charge in [-0.25, -0.2) is 0 Å². The Balaban J connectivity index is 2.24. The van der Waals surface area contributed by atoms with E-state index in [2.05, 4.69) is 15.0 Å². The number of anilines is 1. The monoisotopic (exact) mass is 220 g/mol. The summed E-state index contributed by atoms with van der Waals surface area (Å²) in [5.41, 5.74) is -0.0389. The molecule has 1 aromatic carbocycles. The summed E-state index contributed by atoms with van der Waals surface area (Å²) in [6.45, 7) is 0. The second kappa shape index (κ2) is 3.93. The molecule has 0 fully saturated rings. The van der Waals surface area contributed by atoms with E-state index < -0.39 is 5.91 Å². The lowest BCUT2D eigenvalue weighted by atomic mass is 10.2. The van der Waals surface area contributed by atoms with Gasteiger partial charge in [0.2, 0.25) is 0 Å². The molecule has 0 aliphatic carbocycles. The summed E-state index contributed by atoms with van der Waals surface area (Å²) < 4.78 is 4.53. The van der Waals surface area contributed by atoms with Gasteiger partial charge in [0.05, 0.1) is 5.56 Å². The molecule has 1 aromatic heterocycles. The summed E-state index contributed by atoms with van der Waals surface area (Å²) >= 11 is 0. The van der Waals surface area contributed by atoms with Crippen LogP contribution in [0.2, 0.25) is 0 Å². The first-order valence-corrected chi connectivity index (χ1v) is 4.40. The highest BCUT2D eigenvalue weighted by molar-refractivity contribution is 6.05. The van der Waals surface area contributed by atoms with Crippen LogP contribution in [0, 0.1) is 0 Å². The summed E-state index contributed by atoms with van der Waals surface area (Å²) in [5, 5.41) is 24.5. The lowest BCUT2D eigenvalue weighted by Gasteiger charge is -2.04. The smallest absolute Gasteiger partial charge is 0.260 e. The minimum atomic E-state index is -0.581. The van der Waals surface area contributed by atoms with Crippen LogP contribution in [-0.2, 0) is 0 Å². The zero-order valence-corrected chi connectivity index (χ0v) is 8.04. The number of aromatic nitrogens is 1. The fourth-order valence-corrected chi connectivity index (χ4v) is 1.17. The Hall–Kier alpha value is -2.50. The van der Waals surface area contributed by atoms with Crippen LogP contribution in [0.5, 0.6) is 11.5 Å². The minimum Gasteiger partial charge on any atom is -0.508 e. The maximum Gasteiger partial charge on any atom is 0.260 e. The molecule has 0 aliphatic heterocycles. The molecule has 3 N–H and O–H groups in total. The van der Waals surface area contributed by atoms with E-state index in [1.54, 1.807) is 0 Å². The van der Waals surface area contributed by atoms with Gasteiger partial charge in [-0.05, 0) is 18.2 Å². The van der Waals surface area contributed by atoms with Gasteiger partial charge < -0.3 is 20.1 Å². The van der Waals surface area contributed by atoms with E-state index in [9.17, 15) is 15.0 Å². The van der Waals surface area contributed by atoms with Crippen LogP contribution in [0.4, 0.5) is 5.82 Å². The molecule has 2 aromatic rings. The first kappa shape index (κ1) is 10.0. The third-order valence-corrected chi connectivity index (χ3v) is 1.90. The Morgan fingerprint density at radius 1 is 1.31 bits per heavy atom. The fraction of sp³-hybridized carbons (Fsp3) is 0. The van der Waals surface area contributed by atoms with E-state index in [0.29, 0.717) is 0 Å². The van der Waals surface area contributed by atoms with Crippen LogP contribution >= 0.6 is 0 Å². The van der Waals surface area contributed by atoms with Crippen LogP contribution in [0.25, 0.3) is 0 Å². The van der Waals surface area contributed by atoms with Gasteiger partial charge >= 0.3 is 0 Å². The van der Waals surface area contributed by atoms with Gasteiger partial charge in [0.25, 0.3) is 5.91 Å². The van der Waals surface area contributed by atoms with Gasteiger partial charge in [0.15, 0.2) is 5.82 Å². The van der Waals surface area contributed by atoms with Gasteiger partial charge in [0.1, 0.15) is 17.8 Å². The zero-order chi connectivity index (χ0) is 11.5. The van der Waals surface area contributed by atoms with E-state index >= 15 is 0 Å². The van der Waals surface area contributed by atoms with Crippen LogP contribution in [-0.4, -0.2) is 21.3 Å². The summed E-state index contributed by atoms with van der Waals surface area (Å²) in [7, 11) is 0. The van der Waals surface area contributed by atoms with Crippen molar-refractivity contribution in [2.45, 2.75) is 0 Å². The van der Waals surface area contributed by atoms with Crippen molar-refractivity contribution in [2.24, 2.45) is 0 Å². The predicted molar refractivity (Wildman–Crippen MR) is 54.2 cm³/mol. The molecule has 0 atom stereocenters. The highest BCUT2D eigenvalue weighted by Crippen LogP contribution is 2.22. The molecule has 0 saturated carbocycles. The van der Waals surface area contributed by atoms with E-state index in [0.717, 1.165) is 6.07 Å². The van der Waals surface area contributed by atoms with E-state index in [1.807, 2.05) is 0 Å². The number of amides is 1. The van der Waals surface area contributed by atoms with Crippen LogP contribution in [0.3, 0.4) is 0 Å². The highest BCUT2D eigenvalue weighted by Gasteiger charge is 2.13. The Labute approximate surface area is 90.1 Å². The van der Waals surface area contributed by atoms with Crippen molar-refractivity contribution >= 4 is 11.7 Å². The lowest BCUT2D eigenvalue weighted by molar-refractivity contribution is 0.102. The quantitative estimate of drug-likeness (QED) is 0.663. The first-order valence-electron chi connectivity index (χ1n) is 4.40. The van der Waals surface area contributed by atoms with Gasteiger partial charge in [-0.1, -0.05) is 5.16 Å². The standard InChI is InChI=1S/C10H8N2O4/c13-6-1-2-8(14)7(5-6)10(15)11-9-3-4-16-12-9/h1-5,13-14H,(H,11,12,15). The molecule has 0 unspecified atom stereocenters. The van der Waals surface area contributed by atoms with Crippen LogP contribution in [0.15, 0.2) is 35.1 Å². The molecule has 6 heteroatoms. The Morgan fingerprint density at radius 2 is 2.12 bits per heavy atom. The number of nitrogens with one attached hydrogen (secondary N) is 1. The zero-order valence-electron chi connectivity index (χ0n) is 8.04. The van der Waals surface area contributed by atoms with Crippen LogP contribution < -0.4 is 5.32 Å². The maximum atomic E-state index is 11.6. The van der Waals surface area contributed by atoms with Crippen molar-refractivity contribution < 1.29 is 19.5 Å². The van der Waals surface area contributed by atoms with Crippen molar-refractivity contribution in [3.05, 3.63) is 36.1 Å². The largest absolute Gasteiger partial charge is 0.508 e. The Bertz CT molecular complexity index is 508. The average molecular weight is 220 g/mol. The maximum absolute atomic E-state index is 11.6. The number of hydrogen-bond donors (Lipinski definition) is 3. The van der Waals surface area contributed by atoms with Gasteiger partial charge in [-0.15, -0.1) is 0 Å². The van der Waals surface area contributed by atoms with E-state index in [4.69, 9.17) is 0 Å². The number of carbonyl (C=O) groups excluding carboxylic acids is 1. The number of phenolic OH excluding ortho intramolecular Hbond substituents is 2. The molecular weight excluding hydrogens is 212 g/mol. The van der Waals surface area contributed by atoms with Crippen molar-refractivity contribution in [1.82, 2.24) is 5.16 Å². The molecule has 2 rings (SSSR count). The molecule has 16 heavy (non-hydrogen) atoms. The van der Waals surface area contributed by atoms with E-state index in [-0.39, 0.29) is 22.9 Å². The van der Waals surface area contributed by atoms with Crippen molar-refractivity contribution in [2.75, 3.05) is 5.32 Å². The fourth-order valence-electron chi connectivity index (χ4n) is 1.17. The lowest BCUT2D eigenvalue weighted by Crippen LogP contribution is -2.12.